The van der Waals surface area contributed by atoms with E-state index in [1.807, 2.05) is 6.07 Å². The Morgan fingerprint density at radius 3 is 3.08 bits per heavy atom. The molecule has 3 nitrogen and oxygen atoms in total. The lowest BCUT2D eigenvalue weighted by molar-refractivity contribution is 0.0941. The van der Waals surface area contributed by atoms with E-state index in [0.717, 1.165) is 10.9 Å². The molecule has 2 rings (SSSR count). The number of rotatable bonds is 0. The van der Waals surface area contributed by atoms with E-state index in [1.165, 1.54) is 6.92 Å². The molecule has 2 heterocycles. The van der Waals surface area contributed by atoms with Crippen LogP contribution in [0.15, 0.2) is 24.5 Å². The maximum Gasteiger partial charge on any atom is 0.227 e. The van der Waals surface area contributed by atoms with Gasteiger partial charge in [0, 0.05) is 30.8 Å². The van der Waals surface area contributed by atoms with Gasteiger partial charge < -0.3 is 0 Å². The highest BCUT2D eigenvalue weighted by atomic mass is 35.5. The van der Waals surface area contributed by atoms with Gasteiger partial charge in [0.15, 0.2) is 0 Å². The summed E-state index contributed by atoms with van der Waals surface area (Å²) < 4.78 is 1.54. The first-order chi connectivity index (χ1) is 6.18. The first-order valence-corrected chi connectivity index (χ1v) is 4.20. The highest BCUT2D eigenvalue weighted by Crippen LogP contribution is 2.17. The molecule has 0 fully saturated rings. The van der Waals surface area contributed by atoms with Crippen molar-refractivity contribution in [3.63, 3.8) is 0 Å². The van der Waals surface area contributed by atoms with Gasteiger partial charge in [0.05, 0.1) is 5.52 Å². The zero-order valence-electron chi connectivity index (χ0n) is 6.99. The van der Waals surface area contributed by atoms with Crippen molar-refractivity contribution in [2.75, 3.05) is 0 Å². The van der Waals surface area contributed by atoms with Gasteiger partial charge in [0.1, 0.15) is 5.15 Å². The molecule has 2 aromatic rings. The van der Waals surface area contributed by atoms with Crippen molar-refractivity contribution in [1.29, 1.82) is 0 Å². The summed E-state index contributed by atoms with van der Waals surface area (Å²) >= 11 is 5.72. The van der Waals surface area contributed by atoms with Crippen molar-refractivity contribution in [1.82, 2.24) is 9.55 Å². The van der Waals surface area contributed by atoms with Crippen LogP contribution < -0.4 is 0 Å². The Kier molecular flexibility index (Phi) is 1.81. The number of aromatic nitrogens is 2. The zero-order valence-corrected chi connectivity index (χ0v) is 7.75. The maximum absolute atomic E-state index is 11.1. The van der Waals surface area contributed by atoms with Crippen molar-refractivity contribution in [2.24, 2.45) is 0 Å². The molecule has 0 amide bonds. The fourth-order valence-electron chi connectivity index (χ4n) is 1.28. The van der Waals surface area contributed by atoms with Gasteiger partial charge >= 0.3 is 0 Å². The smallest absolute Gasteiger partial charge is 0.227 e. The van der Waals surface area contributed by atoms with Crippen molar-refractivity contribution in [2.45, 2.75) is 6.92 Å². The molecule has 0 aliphatic heterocycles. The van der Waals surface area contributed by atoms with Crippen molar-refractivity contribution in [3.8, 4) is 0 Å². The van der Waals surface area contributed by atoms with Crippen LogP contribution in [0, 0.1) is 0 Å². The lowest BCUT2D eigenvalue weighted by atomic mass is 10.3. The predicted molar refractivity (Wildman–Crippen MR) is 51.0 cm³/mol. The molecule has 0 unspecified atom stereocenters. The van der Waals surface area contributed by atoms with Crippen LogP contribution in [-0.2, 0) is 0 Å². The molecule has 0 radical (unpaired) electrons. The molecule has 0 aliphatic carbocycles. The molecule has 0 atom stereocenters. The van der Waals surface area contributed by atoms with E-state index in [9.17, 15) is 4.79 Å². The monoisotopic (exact) mass is 194 g/mol. The van der Waals surface area contributed by atoms with Gasteiger partial charge in [-0.05, 0) is 6.07 Å². The molecular weight excluding hydrogens is 188 g/mol. The molecular formula is C9H7ClN2O. The van der Waals surface area contributed by atoms with Crippen molar-refractivity contribution >= 4 is 28.4 Å². The van der Waals surface area contributed by atoms with E-state index in [0.29, 0.717) is 5.15 Å². The molecule has 13 heavy (non-hydrogen) atoms. The molecule has 2 aromatic heterocycles. The maximum atomic E-state index is 11.1. The van der Waals surface area contributed by atoms with Gasteiger partial charge in [-0.2, -0.15) is 0 Å². The quantitative estimate of drug-likeness (QED) is 0.604. The number of carbonyl (C=O) groups is 1. The molecule has 4 heteroatoms. The third-order valence-corrected chi connectivity index (χ3v) is 2.09. The minimum absolute atomic E-state index is 0.0303. The fraction of sp³-hybridized carbons (Fsp3) is 0.111. The molecule has 0 aliphatic rings. The second kappa shape index (κ2) is 2.85. The van der Waals surface area contributed by atoms with Gasteiger partial charge in [-0.25, -0.2) is 4.98 Å². The largest absolute Gasteiger partial charge is 0.287 e. The minimum atomic E-state index is -0.0303. The molecule has 0 bridgehead atoms. The highest BCUT2D eigenvalue weighted by Gasteiger charge is 2.04. The predicted octanol–water partition coefficient (Wildman–Crippen LogP) is 2.35. The Bertz CT molecular complexity index is 475. The normalized spacial score (nSPS) is 10.6. The summed E-state index contributed by atoms with van der Waals surface area (Å²) in [4.78, 5) is 15.1. The van der Waals surface area contributed by atoms with Gasteiger partial charge in [-0.3, -0.25) is 9.36 Å². The van der Waals surface area contributed by atoms with Crippen molar-refractivity contribution in [3.05, 3.63) is 29.7 Å². The summed E-state index contributed by atoms with van der Waals surface area (Å²) in [6, 6.07) is 3.51. The second-order valence-electron chi connectivity index (χ2n) is 2.77. The van der Waals surface area contributed by atoms with Crippen LogP contribution in [-0.4, -0.2) is 15.5 Å². The molecule has 0 spiro atoms. The number of carbonyl (C=O) groups excluding carboxylic acids is 1. The highest BCUT2D eigenvalue weighted by molar-refractivity contribution is 6.30. The Morgan fingerprint density at radius 2 is 2.38 bits per heavy atom. The van der Waals surface area contributed by atoms with E-state index in [4.69, 9.17) is 11.6 Å². The number of nitrogens with zero attached hydrogens (tertiary/aromatic N) is 2. The molecule has 0 N–H and O–H groups in total. The van der Waals surface area contributed by atoms with E-state index in [-0.39, 0.29) is 5.91 Å². The second-order valence-corrected chi connectivity index (χ2v) is 3.16. The van der Waals surface area contributed by atoms with Crippen LogP contribution in [0.1, 0.15) is 11.7 Å². The Morgan fingerprint density at radius 1 is 1.62 bits per heavy atom. The van der Waals surface area contributed by atoms with Crippen LogP contribution in [0.2, 0.25) is 5.15 Å². The molecule has 0 aromatic carbocycles. The van der Waals surface area contributed by atoms with Crippen LogP contribution >= 0.6 is 11.6 Å². The number of halogens is 1. The lowest BCUT2D eigenvalue weighted by Crippen LogP contribution is -2.02. The van der Waals surface area contributed by atoms with Crippen LogP contribution in [0.25, 0.3) is 10.9 Å². The number of fused-ring (bicyclic) bond motifs is 1. The average molecular weight is 195 g/mol. The van der Waals surface area contributed by atoms with E-state index < -0.39 is 0 Å². The van der Waals surface area contributed by atoms with Gasteiger partial charge in [0.25, 0.3) is 0 Å². The first kappa shape index (κ1) is 8.26. The van der Waals surface area contributed by atoms with Crippen LogP contribution in [0.3, 0.4) is 0 Å². The number of hydrogen-bond donors (Lipinski definition) is 0. The standard InChI is InChI=1S/C9H7ClN2O/c1-6(13)12-3-2-7-5-11-9(10)4-8(7)12/h2-5H,1H3. The summed E-state index contributed by atoms with van der Waals surface area (Å²) in [6.07, 6.45) is 3.36. The third-order valence-electron chi connectivity index (χ3n) is 1.88. The summed E-state index contributed by atoms with van der Waals surface area (Å²) in [5.74, 6) is -0.0303. The van der Waals surface area contributed by atoms with Gasteiger partial charge in [-0.1, -0.05) is 11.6 Å². The van der Waals surface area contributed by atoms with Crippen molar-refractivity contribution < 1.29 is 4.79 Å². The van der Waals surface area contributed by atoms with E-state index in [2.05, 4.69) is 4.98 Å². The third kappa shape index (κ3) is 1.31. The minimum Gasteiger partial charge on any atom is -0.287 e. The Hall–Kier alpha value is -1.35. The molecule has 66 valence electrons. The fourth-order valence-corrected chi connectivity index (χ4v) is 1.43. The Labute approximate surface area is 79.9 Å². The SMILES string of the molecule is CC(=O)n1ccc2cnc(Cl)cc21. The van der Waals surface area contributed by atoms with E-state index >= 15 is 0 Å². The summed E-state index contributed by atoms with van der Waals surface area (Å²) in [7, 11) is 0. The van der Waals surface area contributed by atoms with Gasteiger partial charge in [0.2, 0.25) is 5.91 Å². The summed E-state index contributed by atoms with van der Waals surface area (Å²) in [6.45, 7) is 1.51. The Balaban J connectivity index is 2.79. The average Bonchev–Trinajstić information content (AvgIpc) is 2.46. The van der Waals surface area contributed by atoms with Crippen LogP contribution in [0.5, 0.6) is 0 Å². The lowest BCUT2D eigenvalue weighted by Gasteiger charge is -1.98. The number of pyridine rings is 1. The zero-order chi connectivity index (χ0) is 9.42. The van der Waals surface area contributed by atoms with E-state index in [1.54, 1.807) is 23.0 Å². The summed E-state index contributed by atoms with van der Waals surface area (Å²) in [5, 5.41) is 1.31. The molecule has 0 saturated heterocycles. The number of hydrogen-bond acceptors (Lipinski definition) is 2. The molecule has 0 saturated carbocycles. The first-order valence-electron chi connectivity index (χ1n) is 3.82. The summed E-state index contributed by atoms with van der Waals surface area (Å²) in [5.41, 5.74) is 0.799. The van der Waals surface area contributed by atoms with Gasteiger partial charge in [-0.15, -0.1) is 0 Å². The van der Waals surface area contributed by atoms with Crippen LogP contribution in [0.4, 0.5) is 0 Å². The topological polar surface area (TPSA) is 34.9 Å².